The summed E-state index contributed by atoms with van der Waals surface area (Å²) < 4.78 is 5.39. The molecule has 16 heavy (non-hydrogen) atoms. The number of nitrogens with zero attached hydrogens (tertiary/aromatic N) is 1. The molecule has 0 aliphatic carbocycles. The van der Waals surface area contributed by atoms with Crippen LogP contribution in [0.15, 0.2) is 18.2 Å². The van der Waals surface area contributed by atoms with Gasteiger partial charge in [-0.1, -0.05) is 0 Å². The minimum absolute atomic E-state index is 0.0426. The van der Waals surface area contributed by atoms with Crippen molar-refractivity contribution in [2.45, 2.75) is 6.10 Å². The summed E-state index contributed by atoms with van der Waals surface area (Å²) in [7, 11) is 0. The van der Waals surface area contributed by atoms with E-state index in [1.165, 1.54) is 0 Å². The van der Waals surface area contributed by atoms with Crippen LogP contribution in [-0.2, 0) is 4.74 Å². The van der Waals surface area contributed by atoms with Crippen molar-refractivity contribution in [1.82, 2.24) is 0 Å². The summed E-state index contributed by atoms with van der Waals surface area (Å²) in [5.41, 5.74) is 13.6. The molecule has 5 N–H and O–H groups in total. The normalized spacial score (nSPS) is 21.1. The Hall–Kier alpha value is -1.46. The molecular weight excluding hydrogens is 206 g/mol. The van der Waals surface area contributed by atoms with Gasteiger partial charge in [-0.2, -0.15) is 0 Å². The molecule has 1 fully saturated rings. The third kappa shape index (κ3) is 2.20. The third-order valence-electron chi connectivity index (χ3n) is 2.78. The molecule has 1 aromatic carbocycles. The maximum absolute atomic E-state index is 9.06. The van der Waals surface area contributed by atoms with Crippen LogP contribution in [0, 0.1) is 0 Å². The second-order valence-electron chi connectivity index (χ2n) is 3.93. The highest BCUT2D eigenvalue weighted by atomic mass is 16.5. The Morgan fingerprint density at radius 3 is 2.88 bits per heavy atom. The van der Waals surface area contributed by atoms with Crippen LogP contribution in [-0.4, -0.2) is 37.5 Å². The van der Waals surface area contributed by atoms with Crippen molar-refractivity contribution in [2.75, 3.05) is 42.7 Å². The van der Waals surface area contributed by atoms with E-state index in [-0.39, 0.29) is 12.7 Å². The quantitative estimate of drug-likeness (QED) is 0.617. The number of hydrogen-bond donors (Lipinski definition) is 3. The molecule has 0 amide bonds. The van der Waals surface area contributed by atoms with E-state index in [4.69, 9.17) is 21.3 Å². The number of morpholine rings is 1. The molecule has 0 saturated carbocycles. The van der Waals surface area contributed by atoms with Gasteiger partial charge in [0.05, 0.1) is 30.7 Å². The van der Waals surface area contributed by atoms with E-state index in [9.17, 15) is 0 Å². The summed E-state index contributed by atoms with van der Waals surface area (Å²) in [5, 5.41) is 9.06. The fourth-order valence-electron chi connectivity index (χ4n) is 1.82. The highest BCUT2D eigenvalue weighted by Gasteiger charge is 2.20. The first-order valence-corrected chi connectivity index (χ1v) is 5.33. The first-order valence-electron chi connectivity index (χ1n) is 5.33. The topological polar surface area (TPSA) is 84.7 Å². The third-order valence-corrected chi connectivity index (χ3v) is 2.78. The molecule has 5 heteroatoms. The summed E-state index contributed by atoms with van der Waals surface area (Å²) in [6.07, 6.45) is -0.118. The van der Waals surface area contributed by atoms with Crippen LogP contribution < -0.4 is 16.4 Å². The highest BCUT2D eigenvalue weighted by molar-refractivity contribution is 5.69. The number of nitrogen functional groups attached to an aromatic ring is 2. The van der Waals surface area contributed by atoms with Gasteiger partial charge in [0.15, 0.2) is 0 Å². The van der Waals surface area contributed by atoms with Crippen molar-refractivity contribution in [3.63, 3.8) is 0 Å². The van der Waals surface area contributed by atoms with Crippen molar-refractivity contribution < 1.29 is 9.84 Å². The molecule has 1 unspecified atom stereocenters. The Morgan fingerprint density at radius 2 is 2.19 bits per heavy atom. The standard InChI is InChI=1S/C11H17N3O2/c12-10-2-1-8(5-11(10)13)14-3-4-16-9(6-14)7-15/h1-2,5,9,15H,3-4,6-7,12-13H2. The maximum atomic E-state index is 9.06. The number of anilines is 3. The average Bonchev–Trinajstić information content (AvgIpc) is 2.33. The molecule has 1 atom stereocenters. The SMILES string of the molecule is Nc1ccc(N2CCOC(CO)C2)cc1N. The molecule has 88 valence electrons. The number of aliphatic hydroxyl groups is 1. The van der Waals surface area contributed by atoms with Gasteiger partial charge in [0.1, 0.15) is 0 Å². The average molecular weight is 223 g/mol. The van der Waals surface area contributed by atoms with Gasteiger partial charge in [0.2, 0.25) is 0 Å². The lowest BCUT2D eigenvalue weighted by molar-refractivity contribution is 0.00357. The molecule has 1 heterocycles. The van der Waals surface area contributed by atoms with Crippen LogP contribution in [0.2, 0.25) is 0 Å². The van der Waals surface area contributed by atoms with Crippen LogP contribution in [0.3, 0.4) is 0 Å². The largest absolute Gasteiger partial charge is 0.397 e. The molecule has 0 bridgehead atoms. The molecule has 1 aliphatic heterocycles. The van der Waals surface area contributed by atoms with E-state index in [1.807, 2.05) is 12.1 Å². The zero-order valence-electron chi connectivity index (χ0n) is 9.10. The van der Waals surface area contributed by atoms with Crippen molar-refractivity contribution in [1.29, 1.82) is 0 Å². The lowest BCUT2D eigenvalue weighted by atomic mass is 10.2. The second kappa shape index (κ2) is 4.59. The number of benzene rings is 1. The smallest absolute Gasteiger partial charge is 0.0980 e. The molecular formula is C11H17N3O2. The molecule has 2 rings (SSSR count). The van der Waals surface area contributed by atoms with E-state index >= 15 is 0 Å². The van der Waals surface area contributed by atoms with E-state index in [0.717, 1.165) is 12.2 Å². The lowest BCUT2D eigenvalue weighted by Gasteiger charge is -2.33. The van der Waals surface area contributed by atoms with Crippen LogP contribution >= 0.6 is 0 Å². The van der Waals surface area contributed by atoms with Gasteiger partial charge in [0, 0.05) is 18.8 Å². The summed E-state index contributed by atoms with van der Waals surface area (Å²) >= 11 is 0. The van der Waals surface area contributed by atoms with Crippen molar-refractivity contribution >= 4 is 17.1 Å². The fourth-order valence-corrected chi connectivity index (χ4v) is 1.82. The zero-order valence-corrected chi connectivity index (χ0v) is 9.10. The van der Waals surface area contributed by atoms with Crippen LogP contribution in [0.5, 0.6) is 0 Å². The predicted octanol–water partition coefficient (Wildman–Crippen LogP) is 0.0485. The maximum Gasteiger partial charge on any atom is 0.0980 e. The molecule has 0 radical (unpaired) electrons. The Labute approximate surface area is 94.6 Å². The summed E-state index contributed by atoms with van der Waals surface area (Å²) in [6, 6.07) is 5.59. The van der Waals surface area contributed by atoms with Gasteiger partial charge >= 0.3 is 0 Å². The van der Waals surface area contributed by atoms with Gasteiger partial charge in [0.25, 0.3) is 0 Å². The molecule has 1 aromatic rings. The van der Waals surface area contributed by atoms with E-state index in [2.05, 4.69) is 4.90 Å². The first-order chi connectivity index (χ1) is 7.70. The van der Waals surface area contributed by atoms with Crippen molar-refractivity contribution in [2.24, 2.45) is 0 Å². The molecule has 0 spiro atoms. The number of hydrogen-bond acceptors (Lipinski definition) is 5. The van der Waals surface area contributed by atoms with Gasteiger partial charge in [-0.25, -0.2) is 0 Å². The Morgan fingerprint density at radius 1 is 1.38 bits per heavy atom. The fraction of sp³-hybridized carbons (Fsp3) is 0.455. The second-order valence-corrected chi connectivity index (χ2v) is 3.93. The number of nitrogens with two attached hydrogens (primary N) is 2. The number of aliphatic hydroxyl groups excluding tert-OH is 1. The van der Waals surface area contributed by atoms with Crippen LogP contribution in [0.4, 0.5) is 17.1 Å². The highest BCUT2D eigenvalue weighted by Crippen LogP contribution is 2.24. The van der Waals surface area contributed by atoms with Crippen molar-refractivity contribution in [3.05, 3.63) is 18.2 Å². The zero-order chi connectivity index (χ0) is 11.5. The van der Waals surface area contributed by atoms with Gasteiger partial charge in [-0.05, 0) is 18.2 Å². The van der Waals surface area contributed by atoms with E-state index < -0.39 is 0 Å². The Balaban J connectivity index is 2.13. The van der Waals surface area contributed by atoms with E-state index in [0.29, 0.717) is 24.5 Å². The molecule has 5 nitrogen and oxygen atoms in total. The predicted molar refractivity (Wildman–Crippen MR) is 64.3 cm³/mol. The minimum Gasteiger partial charge on any atom is -0.397 e. The van der Waals surface area contributed by atoms with Gasteiger partial charge in [-0.15, -0.1) is 0 Å². The lowest BCUT2D eigenvalue weighted by Crippen LogP contribution is -2.44. The summed E-state index contributed by atoms with van der Waals surface area (Å²) in [6.45, 7) is 2.15. The number of rotatable bonds is 2. The van der Waals surface area contributed by atoms with Gasteiger partial charge < -0.3 is 26.2 Å². The summed E-state index contributed by atoms with van der Waals surface area (Å²) in [4.78, 5) is 2.14. The minimum atomic E-state index is -0.118. The van der Waals surface area contributed by atoms with Gasteiger partial charge in [-0.3, -0.25) is 0 Å². The van der Waals surface area contributed by atoms with Crippen LogP contribution in [0.25, 0.3) is 0 Å². The van der Waals surface area contributed by atoms with Crippen molar-refractivity contribution in [3.8, 4) is 0 Å². The molecule has 1 saturated heterocycles. The number of ether oxygens (including phenoxy) is 1. The monoisotopic (exact) mass is 223 g/mol. The van der Waals surface area contributed by atoms with E-state index in [1.54, 1.807) is 6.07 Å². The molecule has 1 aliphatic rings. The molecule has 0 aromatic heterocycles. The Bertz CT molecular complexity index is 370. The Kier molecular flexibility index (Phi) is 3.17. The summed E-state index contributed by atoms with van der Waals surface area (Å²) in [5.74, 6) is 0. The van der Waals surface area contributed by atoms with Crippen LogP contribution in [0.1, 0.15) is 0 Å². The first kappa shape index (κ1) is 11.0.